The van der Waals surface area contributed by atoms with E-state index < -0.39 is 0 Å². The van der Waals surface area contributed by atoms with Gasteiger partial charge in [-0.3, -0.25) is 0 Å². The van der Waals surface area contributed by atoms with E-state index in [0.29, 0.717) is 16.3 Å². The van der Waals surface area contributed by atoms with Gasteiger partial charge in [-0.15, -0.1) is 11.8 Å². The molecule has 18 heavy (non-hydrogen) atoms. The van der Waals surface area contributed by atoms with Crippen molar-refractivity contribution >= 4 is 17.4 Å². The van der Waals surface area contributed by atoms with Gasteiger partial charge in [0.15, 0.2) is 0 Å². The molecule has 0 aliphatic rings. The van der Waals surface area contributed by atoms with Crippen molar-refractivity contribution in [3.05, 3.63) is 59.2 Å². The van der Waals surface area contributed by atoms with Crippen LogP contribution in [-0.4, -0.2) is 0 Å². The molecule has 4 heteroatoms. The van der Waals surface area contributed by atoms with Gasteiger partial charge in [0.05, 0.1) is 0 Å². The fourth-order valence-corrected chi connectivity index (χ4v) is 2.61. The molecule has 0 aliphatic heterocycles. The number of nitrogens with two attached hydrogens (primary N) is 1. The quantitative estimate of drug-likeness (QED) is 0.666. The maximum atomic E-state index is 13.6. The number of thioether (sulfide) groups is 1. The first-order valence-electron chi connectivity index (χ1n) is 5.49. The molecule has 0 fully saturated rings. The molecule has 0 unspecified atom stereocenters. The van der Waals surface area contributed by atoms with Crippen LogP contribution in [0.5, 0.6) is 0 Å². The molecule has 0 aromatic heterocycles. The third kappa shape index (κ3) is 3.01. The van der Waals surface area contributed by atoms with Crippen LogP contribution < -0.4 is 5.73 Å². The van der Waals surface area contributed by atoms with Crippen LogP contribution in [0.25, 0.3) is 0 Å². The van der Waals surface area contributed by atoms with Crippen LogP contribution in [0.15, 0.2) is 41.3 Å². The molecule has 2 N–H and O–H groups in total. The summed E-state index contributed by atoms with van der Waals surface area (Å²) in [6.07, 6.45) is 0. The Morgan fingerprint density at radius 2 is 1.89 bits per heavy atom. The minimum atomic E-state index is -0.320. The van der Waals surface area contributed by atoms with Crippen molar-refractivity contribution in [1.29, 1.82) is 0 Å². The molecule has 0 heterocycles. The lowest BCUT2D eigenvalue weighted by Gasteiger charge is -2.07. The predicted octanol–water partition coefficient (Wildman–Crippen LogP) is 4.15. The van der Waals surface area contributed by atoms with Crippen LogP contribution in [0.3, 0.4) is 0 Å². The van der Waals surface area contributed by atoms with Crippen molar-refractivity contribution in [3.63, 3.8) is 0 Å². The molecule has 0 aliphatic carbocycles. The molecule has 0 radical (unpaired) electrons. The summed E-state index contributed by atoms with van der Waals surface area (Å²) in [5, 5.41) is 0. The lowest BCUT2D eigenvalue weighted by molar-refractivity contribution is 0.602. The molecule has 0 atom stereocenters. The molecule has 0 bridgehead atoms. The van der Waals surface area contributed by atoms with Gasteiger partial charge in [0.2, 0.25) is 0 Å². The second-order valence-corrected chi connectivity index (χ2v) is 5.07. The monoisotopic (exact) mass is 265 g/mol. The molecule has 0 saturated carbocycles. The molecule has 0 saturated heterocycles. The zero-order valence-electron chi connectivity index (χ0n) is 9.91. The molecule has 2 aromatic carbocycles. The number of rotatable bonds is 3. The highest BCUT2D eigenvalue weighted by Crippen LogP contribution is 2.27. The second-order valence-electron chi connectivity index (χ2n) is 4.05. The van der Waals surface area contributed by atoms with Gasteiger partial charge >= 0.3 is 0 Å². The lowest BCUT2D eigenvalue weighted by Crippen LogP contribution is -1.91. The highest BCUT2D eigenvalue weighted by molar-refractivity contribution is 7.98. The number of anilines is 1. The van der Waals surface area contributed by atoms with Crippen LogP contribution in [0.2, 0.25) is 0 Å². The Kier molecular flexibility index (Phi) is 3.87. The van der Waals surface area contributed by atoms with Crippen molar-refractivity contribution < 1.29 is 8.78 Å². The minimum absolute atomic E-state index is 0.250. The van der Waals surface area contributed by atoms with E-state index >= 15 is 0 Å². The largest absolute Gasteiger partial charge is 0.399 e. The van der Waals surface area contributed by atoms with E-state index in [4.69, 9.17) is 5.73 Å². The van der Waals surface area contributed by atoms with Crippen molar-refractivity contribution in [2.75, 3.05) is 5.73 Å². The van der Waals surface area contributed by atoms with Gasteiger partial charge in [0.1, 0.15) is 11.6 Å². The summed E-state index contributed by atoms with van der Waals surface area (Å²) >= 11 is 1.38. The van der Waals surface area contributed by atoms with E-state index in [1.54, 1.807) is 18.2 Å². The summed E-state index contributed by atoms with van der Waals surface area (Å²) < 4.78 is 26.5. The number of halogens is 2. The van der Waals surface area contributed by atoms with Gasteiger partial charge in [-0.2, -0.15) is 0 Å². The fraction of sp³-hybridized carbons (Fsp3) is 0.143. The van der Waals surface area contributed by atoms with E-state index in [9.17, 15) is 8.78 Å². The Bertz CT molecular complexity index is 518. The van der Waals surface area contributed by atoms with E-state index in [-0.39, 0.29) is 11.6 Å². The average Bonchev–Trinajstić information content (AvgIpc) is 2.30. The average molecular weight is 265 g/mol. The smallest absolute Gasteiger partial charge is 0.138 e. The van der Waals surface area contributed by atoms with Gasteiger partial charge in [-0.1, -0.05) is 6.07 Å². The Labute approximate surface area is 109 Å². The van der Waals surface area contributed by atoms with Crippen LogP contribution in [0, 0.1) is 18.6 Å². The highest BCUT2D eigenvalue weighted by atomic mass is 32.2. The summed E-state index contributed by atoms with van der Waals surface area (Å²) in [5.41, 5.74) is 7.77. The first-order valence-corrected chi connectivity index (χ1v) is 6.47. The number of aryl methyl sites for hydroxylation is 1. The summed E-state index contributed by atoms with van der Waals surface area (Å²) in [6.45, 7) is 1.85. The number of hydrogen-bond donors (Lipinski definition) is 1. The molecule has 0 amide bonds. The third-order valence-corrected chi connectivity index (χ3v) is 3.74. The van der Waals surface area contributed by atoms with E-state index in [1.807, 2.05) is 6.92 Å². The van der Waals surface area contributed by atoms with Crippen molar-refractivity contribution in [1.82, 2.24) is 0 Å². The minimum Gasteiger partial charge on any atom is -0.399 e. The normalized spacial score (nSPS) is 10.6. The van der Waals surface area contributed by atoms with Gasteiger partial charge in [0.25, 0.3) is 0 Å². The Hall–Kier alpha value is -1.55. The summed E-state index contributed by atoms with van der Waals surface area (Å²) in [7, 11) is 0. The van der Waals surface area contributed by atoms with E-state index in [2.05, 4.69) is 0 Å². The van der Waals surface area contributed by atoms with Gasteiger partial charge in [-0.25, -0.2) is 8.78 Å². The van der Waals surface area contributed by atoms with Crippen LogP contribution in [0.4, 0.5) is 14.5 Å². The van der Waals surface area contributed by atoms with Gasteiger partial charge in [0, 0.05) is 16.3 Å². The van der Waals surface area contributed by atoms with Crippen molar-refractivity contribution in [2.45, 2.75) is 17.6 Å². The van der Waals surface area contributed by atoms with Gasteiger partial charge in [-0.05, 0) is 48.4 Å². The van der Waals surface area contributed by atoms with Crippen LogP contribution in [0.1, 0.15) is 11.1 Å². The summed E-state index contributed by atoms with van der Waals surface area (Å²) in [4.78, 5) is 0.549. The molecule has 2 rings (SSSR count). The summed E-state index contributed by atoms with van der Waals surface area (Å²) in [5.74, 6) is 0.0344. The zero-order chi connectivity index (χ0) is 13.1. The molecule has 1 nitrogen and oxygen atoms in total. The third-order valence-electron chi connectivity index (χ3n) is 2.64. The number of nitrogen functional groups attached to an aromatic ring is 1. The second kappa shape index (κ2) is 5.40. The highest BCUT2D eigenvalue weighted by Gasteiger charge is 2.05. The SMILES string of the molecule is Cc1cc(F)ccc1CSc1ccc(N)cc1F. The maximum Gasteiger partial charge on any atom is 0.138 e. The lowest BCUT2D eigenvalue weighted by atomic mass is 10.1. The molecular weight excluding hydrogens is 252 g/mol. The Morgan fingerprint density at radius 1 is 1.11 bits per heavy atom. The topological polar surface area (TPSA) is 26.0 Å². The standard InChI is InChI=1S/C14H13F2NS/c1-9-6-11(15)3-2-10(9)8-18-14-5-4-12(17)7-13(14)16/h2-7H,8,17H2,1H3. The van der Waals surface area contributed by atoms with Crippen LogP contribution >= 0.6 is 11.8 Å². The van der Waals surface area contributed by atoms with E-state index in [0.717, 1.165) is 11.1 Å². The zero-order valence-corrected chi connectivity index (χ0v) is 10.7. The van der Waals surface area contributed by atoms with Crippen LogP contribution in [-0.2, 0) is 5.75 Å². The molecule has 2 aromatic rings. The molecule has 0 spiro atoms. The first-order chi connectivity index (χ1) is 8.56. The predicted molar refractivity (Wildman–Crippen MR) is 71.5 cm³/mol. The summed E-state index contributed by atoms with van der Waals surface area (Å²) in [6, 6.07) is 9.27. The molecular formula is C14H13F2NS. The van der Waals surface area contributed by atoms with E-state index in [1.165, 1.54) is 30.0 Å². The Morgan fingerprint density at radius 3 is 2.56 bits per heavy atom. The maximum absolute atomic E-state index is 13.6. The Balaban J connectivity index is 2.11. The van der Waals surface area contributed by atoms with Crippen molar-refractivity contribution in [2.24, 2.45) is 0 Å². The first kappa shape index (κ1) is 12.9. The van der Waals surface area contributed by atoms with Crippen molar-refractivity contribution in [3.8, 4) is 0 Å². The number of benzene rings is 2. The fourth-order valence-electron chi connectivity index (χ4n) is 1.61. The molecule has 94 valence electrons. The number of hydrogen-bond acceptors (Lipinski definition) is 2. The van der Waals surface area contributed by atoms with Gasteiger partial charge < -0.3 is 5.73 Å².